The van der Waals surface area contributed by atoms with Gasteiger partial charge >= 0.3 is 11.9 Å². The third kappa shape index (κ3) is 10.9. The molecule has 0 aliphatic carbocycles. The average molecular weight is 723 g/mol. The molecule has 0 atom stereocenters. The number of ether oxygens (including phenoxy) is 2. The Balaban J connectivity index is 0.000000237. The third-order valence-corrected chi connectivity index (χ3v) is 7.17. The Bertz CT molecular complexity index is 1930. The van der Waals surface area contributed by atoms with Crippen molar-refractivity contribution in [1.82, 2.24) is 4.98 Å². The Morgan fingerprint density at radius 1 is 0.633 bits per heavy atom. The van der Waals surface area contributed by atoms with Gasteiger partial charge in [0.15, 0.2) is 0 Å². The molecule has 1 amide bonds. The van der Waals surface area contributed by atoms with Crippen molar-refractivity contribution in [2.45, 2.75) is 52.7 Å². The number of aromatic nitrogens is 1. The van der Waals surface area contributed by atoms with E-state index in [1.54, 1.807) is 57.3 Å². The van der Waals surface area contributed by atoms with Gasteiger partial charge in [-0.15, -0.1) is 0 Å². The molecule has 5 aromatic rings. The first-order chi connectivity index (χ1) is 23.1. The summed E-state index contributed by atoms with van der Waals surface area (Å²) in [4.78, 5) is 41.5. The predicted molar refractivity (Wildman–Crippen MR) is 198 cm³/mol. The van der Waals surface area contributed by atoms with Crippen LogP contribution in [0.25, 0.3) is 22.3 Å². The summed E-state index contributed by atoms with van der Waals surface area (Å²) in [6.07, 6.45) is 3.06. The molecule has 0 spiro atoms. The zero-order chi connectivity index (χ0) is 35.8. The molecule has 0 saturated carbocycles. The lowest BCUT2D eigenvalue weighted by atomic mass is 10.0. The lowest BCUT2D eigenvalue weighted by Gasteiger charge is -2.21. The van der Waals surface area contributed by atoms with Crippen LogP contribution in [0, 0.1) is 0 Å². The number of carbonyl (C=O) groups excluding carboxylic acids is 3. The monoisotopic (exact) mass is 721 g/mol. The van der Waals surface area contributed by atoms with Crippen LogP contribution in [0.3, 0.4) is 0 Å². The molecule has 4 aromatic carbocycles. The minimum atomic E-state index is -0.648. The number of nitrogen functional groups attached to an aromatic ring is 1. The smallest absolute Gasteiger partial charge is 0.340 e. The highest BCUT2D eigenvalue weighted by molar-refractivity contribution is 9.10. The zero-order valence-electron chi connectivity index (χ0n) is 28.4. The molecule has 3 N–H and O–H groups in total. The second-order valence-corrected chi connectivity index (χ2v) is 14.1. The molecular formula is C40H40BrN3O5. The van der Waals surface area contributed by atoms with E-state index in [1.165, 1.54) is 6.20 Å². The van der Waals surface area contributed by atoms with E-state index in [-0.39, 0.29) is 11.5 Å². The van der Waals surface area contributed by atoms with Crippen molar-refractivity contribution in [3.8, 4) is 22.3 Å². The Morgan fingerprint density at radius 3 is 1.61 bits per heavy atom. The van der Waals surface area contributed by atoms with Crippen molar-refractivity contribution in [2.24, 2.45) is 0 Å². The summed E-state index contributed by atoms with van der Waals surface area (Å²) in [5, 5.41) is 2.83. The molecule has 49 heavy (non-hydrogen) atoms. The van der Waals surface area contributed by atoms with E-state index in [9.17, 15) is 14.4 Å². The average Bonchev–Trinajstić information content (AvgIpc) is 3.04. The highest BCUT2D eigenvalue weighted by atomic mass is 79.9. The molecule has 252 valence electrons. The molecule has 0 aliphatic heterocycles. The van der Waals surface area contributed by atoms with Crippen molar-refractivity contribution < 1.29 is 23.9 Å². The van der Waals surface area contributed by atoms with Crippen molar-refractivity contribution in [3.63, 3.8) is 0 Å². The topological polar surface area (TPSA) is 121 Å². The summed E-state index contributed by atoms with van der Waals surface area (Å²) in [6, 6.07) is 32.0. The first-order valence-electron chi connectivity index (χ1n) is 15.6. The molecule has 0 bridgehead atoms. The molecule has 5 rings (SSSR count). The van der Waals surface area contributed by atoms with E-state index < -0.39 is 23.1 Å². The minimum Gasteiger partial charge on any atom is -0.456 e. The van der Waals surface area contributed by atoms with Crippen LogP contribution in [-0.2, 0) is 9.47 Å². The number of pyridine rings is 1. The molecule has 0 radical (unpaired) electrons. The fourth-order valence-corrected chi connectivity index (χ4v) is 4.96. The minimum absolute atomic E-state index is 0.288. The Hall–Kier alpha value is -5.28. The third-order valence-electron chi connectivity index (χ3n) is 6.74. The number of rotatable bonds is 6. The van der Waals surface area contributed by atoms with Gasteiger partial charge in [0.05, 0.1) is 22.4 Å². The first kappa shape index (κ1) is 36.6. The van der Waals surface area contributed by atoms with Gasteiger partial charge in [-0.2, -0.15) is 0 Å². The van der Waals surface area contributed by atoms with Crippen molar-refractivity contribution in [1.29, 1.82) is 0 Å². The lowest BCUT2D eigenvalue weighted by molar-refractivity contribution is 0.00581. The van der Waals surface area contributed by atoms with Gasteiger partial charge in [0, 0.05) is 22.6 Å². The standard InChI is InChI=1S/C23H21BrN2O3.C17H19NO2/c1-23(2,3)29-22(28)19-10-9-16(15-7-5-4-6-8-15)12-20(19)26-21(27)17-11-18(24)14-25-13-17;1-17(2,3)20-16(19)14-10-9-13(11-15(14)18)12-7-5-4-6-8-12/h4-14H,1-3H3,(H,26,27);4-11H,18H2,1-3H3. The predicted octanol–water partition coefficient (Wildman–Crippen LogP) is 9.61. The van der Waals surface area contributed by atoms with Gasteiger partial charge in [0.25, 0.3) is 5.91 Å². The van der Waals surface area contributed by atoms with Gasteiger partial charge in [0.1, 0.15) is 11.2 Å². The van der Waals surface area contributed by atoms with Crippen molar-refractivity contribution in [3.05, 3.63) is 137 Å². The molecule has 8 nitrogen and oxygen atoms in total. The summed E-state index contributed by atoms with van der Waals surface area (Å²) < 4.78 is 11.5. The summed E-state index contributed by atoms with van der Waals surface area (Å²) in [5.41, 5.74) is 10.6. The van der Waals surface area contributed by atoms with E-state index >= 15 is 0 Å². The number of nitrogens with zero attached hydrogens (tertiary/aromatic N) is 1. The lowest BCUT2D eigenvalue weighted by Crippen LogP contribution is -2.25. The van der Waals surface area contributed by atoms with Crippen molar-refractivity contribution in [2.75, 3.05) is 11.1 Å². The number of amides is 1. The van der Waals surface area contributed by atoms with E-state index in [0.29, 0.717) is 27.0 Å². The number of nitrogens with one attached hydrogen (secondary N) is 1. The van der Waals surface area contributed by atoms with Gasteiger partial charge in [-0.1, -0.05) is 72.8 Å². The second kappa shape index (κ2) is 15.7. The number of carbonyl (C=O) groups is 3. The SMILES string of the molecule is CC(C)(C)OC(=O)c1ccc(-c2ccccc2)cc1N.CC(C)(C)OC(=O)c1ccc(-c2ccccc2)cc1NC(=O)c1cncc(Br)c1. The fourth-order valence-electron chi connectivity index (χ4n) is 4.59. The molecule has 1 aromatic heterocycles. The van der Waals surface area contributed by atoms with E-state index in [0.717, 1.165) is 22.3 Å². The molecule has 9 heteroatoms. The number of hydrogen-bond donors (Lipinski definition) is 2. The van der Waals surface area contributed by atoms with Crippen LogP contribution in [0.2, 0.25) is 0 Å². The van der Waals surface area contributed by atoms with Crippen molar-refractivity contribution >= 4 is 45.2 Å². The van der Waals surface area contributed by atoms with Gasteiger partial charge in [0.2, 0.25) is 0 Å². The number of nitrogens with two attached hydrogens (primary N) is 1. The van der Waals surface area contributed by atoms with Crippen LogP contribution in [0.15, 0.2) is 120 Å². The highest BCUT2D eigenvalue weighted by Gasteiger charge is 2.23. The van der Waals surface area contributed by atoms with Gasteiger partial charge in [-0.3, -0.25) is 9.78 Å². The molecular weight excluding hydrogens is 682 g/mol. The Morgan fingerprint density at radius 2 is 1.12 bits per heavy atom. The van der Waals surface area contributed by atoms with E-state index in [1.807, 2.05) is 93.6 Å². The van der Waals surface area contributed by atoms with Crippen LogP contribution in [0.1, 0.15) is 72.6 Å². The van der Waals surface area contributed by atoms with Gasteiger partial charge < -0.3 is 20.5 Å². The molecule has 1 heterocycles. The van der Waals surface area contributed by atoms with Gasteiger partial charge in [-0.05, 0) is 110 Å². The maximum Gasteiger partial charge on any atom is 0.340 e. The number of halogens is 1. The van der Waals surface area contributed by atoms with E-state index in [4.69, 9.17) is 15.2 Å². The molecule has 0 saturated heterocycles. The fraction of sp³-hybridized carbons (Fsp3) is 0.200. The quantitative estimate of drug-likeness (QED) is 0.132. The zero-order valence-corrected chi connectivity index (χ0v) is 30.0. The number of esters is 2. The number of anilines is 2. The molecule has 0 fully saturated rings. The van der Waals surface area contributed by atoms with Crippen LogP contribution >= 0.6 is 15.9 Å². The van der Waals surface area contributed by atoms with Crippen LogP contribution < -0.4 is 11.1 Å². The summed E-state index contributed by atoms with van der Waals surface area (Å²) in [6.45, 7) is 10.9. The molecule has 0 aliphatic rings. The van der Waals surface area contributed by atoms with Crippen LogP contribution in [0.4, 0.5) is 11.4 Å². The second-order valence-electron chi connectivity index (χ2n) is 13.1. The summed E-state index contributed by atoms with van der Waals surface area (Å²) >= 11 is 3.31. The summed E-state index contributed by atoms with van der Waals surface area (Å²) in [5.74, 6) is -1.26. The van der Waals surface area contributed by atoms with E-state index in [2.05, 4.69) is 26.2 Å². The van der Waals surface area contributed by atoms with Crippen LogP contribution in [-0.4, -0.2) is 34.0 Å². The Labute approximate surface area is 295 Å². The maximum atomic E-state index is 12.8. The first-order valence-corrected chi connectivity index (χ1v) is 16.4. The Kier molecular flexibility index (Phi) is 11.7. The normalized spacial score (nSPS) is 11.1. The number of hydrogen-bond acceptors (Lipinski definition) is 7. The summed E-state index contributed by atoms with van der Waals surface area (Å²) in [7, 11) is 0. The largest absolute Gasteiger partial charge is 0.456 e. The van der Waals surface area contributed by atoms with Crippen LogP contribution in [0.5, 0.6) is 0 Å². The highest BCUT2D eigenvalue weighted by Crippen LogP contribution is 2.29. The molecule has 0 unspecified atom stereocenters. The number of benzene rings is 4. The maximum absolute atomic E-state index is 12.8. The van der Waals surface area contributed by atoms with Gasteiger partial charge in [-0.25, -0.2) is 9.59 Å².